The maximum Gasteiger partial charge on any atom is 0.0991 e. The molecule has 50 heavy (non-hydrogen) atoms. The highest BCUT2D eigenvalue weighted by atomic mass is 15.0. The third-order valence-electron chi connectivity index (χ3n) is 9.59. The standard InChI is InChI=1S/C45H25N5/c46-26-29-13-17-32(18-14-29)36-7-1-2-8-37(36)33-23-34(49-42-11-5-3-9-38(42)39-10-4-6-12-43(39)49)25-35(24-33)50-44-19-15-30(27-47)21-40(44)41-22-31(28-48)16-20-45(41)50/h1-25H. The Hall–Kier alpha value is -7.39. The molecule has 0 aliphatic carbocycles. The molecule has 0 amide bonds. The Kier molecular flexibility index (Phi) is 6.56. The molecular formula is C45H25N5. The maximum atomic E-state index is 9.79. The Balaban J connectivity index is 1.40. The maximum absolute atomic E-state index is 9.79. The molecule has 0 spiro atoms. The van der Waals surface area contributed by atoms with Crippen molar-refractivity contribution in [3.8, 4) is 51.8 Å². The molecule has 0 saturated heterocycles. The van der Waals surface area contributed by atoms with Crippen LogP contribution in [0.25, 0.3) is 77.2 Å². The summed E-state index contributed by atoms with van der Waals surface area (Å²) in [5, 5.41) is 33.2. The Morgan fingerprint density at radius 2 is 0.760 bits per heavy atom. The Labute approximate surface area is 287 Å². The van der Waals surface area contributed by atoms with Crippen molar-refractivity contribution in [2.24, 2.45) is 0 Å². The molecule has 9 rings (SSSR count). The number of fused-ring (bicyclic) bond motifs is 6. The van der Waals surface area contributed by atoms with Crippen molar-refractivity contribution in [1.29, 1.82) is 15.8 Å². The molecule has 0 N–H and O–H groups in total. The van der Waals surface area contributed by atoms with E-state index < -0.39 is 0 Å². The van der Waals surface area contributed by atoms with E-state index in [1.807, 2.05) is 66.7 Å². The van der Waals surface area contributed by atoms with Gasteiger partial charge in [0.05, 0.1) is 57.0 Å². The SMILES string of the molecule is N#Cc1ccc(-c2ccccc2-c2cc(-n3c4ccccc4c4ccccc43)cc(-n3c4ccc(C#N)cc4c4cc(C#N)ccc43)c2)cc1. The van der Waals surface area contributed by atoms with E-state index in [0.29, 0.717) is 16.7 Å². The zero-order chi connectivity index (χ0) is 33.8. The second kappa shape index (κ2) is 11.4. The van der Waals surface area contributed by atoms with Crippen molar-refractivity contribution in [3.63, 3.8) is 0 Å². The fourth-order valence-corrected chi connectivity index (χ4v) is 7.36. The number of nitriles is 3. The second-order valence-corrected chi connectivity index (χ2v) is 12.4. The van der Waals surface area contributed by atoms with Crippen LogP contribution in [0.2, 0.25) is 0 Å². The lowest BCUT2D eigenvalue weighted by atomic mass is 9.93. The highest BCUT2D eigenvalue weighted by Gasteiger charge is 2.19. The van der Waals surface area contributed by atoms with Crippen LogP contribution in [0.5, 0.6) is 0 Å². The van der Waals surface area contributed by atoms with Crippen LogP contribution in [0.4, 0.5) is 0 Å². The number of benzene rings is 7. The van der Waals surface area contributed by atoms with E-state index in [0.717, 1.165) is 66.5 Å². The van der Waals surface area contributed by atoms with E-state index in [-0.39, 0.29) is 0 Å². The molecular weight excluding hydrogens is 611 g/mol. The molecule has 5 heteroatoms. The predicted molar refractivity (Wildman–Crippen MR) is 200 cm³/mol. The number of para-hydroxylation sites is 2. The molecule has 230 valence electrons. The minimum absolute atomic E-state index is 0.565. The lowest BCUT2D eigenvalue weighted by Gasteiger charge is -2.17. The predicted octanol–water partition coefficient (Wildman–Crippen LogP) is 10.8. The van der Waals surface area contributed by atoms with Gasteiger partial charge in [0.2, 0.25) is 0 Å². The Bertz CT molecular complexity index is 2830. The zero-order valence-corrected chi connectivity index (χ0v) is 26.7. The molecule has 0 bridgehead atoms. The van der Waals surface area contributed by atoms with Gasteiger partial charge in [-0.05, 0) is 101 Å². The first-order valence-electron chi connectivity index (χ1n) is 16.3. The normalized spacial score (nSPS) is 11.1. The summed E-state index contributed by atoms with van der Waals surface area (Å²) in [6.45, 7) is 0. The van der Waals surface area contributed by atoms with Crippen LogP contribution in [0.15, 0.2) is 152 Å². The zero-order valence-electron chi connectivity index (χ0n) is 26.7. The minimum Gasteiger partial charge on any atom is -0.309 e. The fraction of sp³-hybridized carbons (Fsp3) is 0. The van der Waals surface area contributed by atoms with Crippen LogP contribution in [0.1, 0.15) is 16.7 Å². The third kappa shape index (κ3) is 4.45. The minimum atomic E-state index is 0.565. The van der Waals surface area contributed by atoms with E-state index in [1.165, 1.54) is 10.8 Å². The van der Waals surface area contributed by atoms with Crippen molar-refractivity contribution in [3.05, 3.63) is 168 Å². The summed E-state index contributed by atoms with van der Waals surface area (Å²) in [6, 6.07) is 58.1. The molecule has 2 heterocycles. The molecule has 2 aromatic heterocycles. The molecule has 0 saturated carbocycles. The first kappa shape index (κ1) is 28.8. The van der Waals surface area contributed by atoms with Crippen LogP contribution in [0.3, 0.4) is 0 Å². The van der Waals surface area contributed by atoms with E-state index in [1.54, 1.807) is 0 Å². The van der Waals surface area contributed by atoms with E-state index >= 15 is 0 Å². The van der Waals surface area contributed by atoms with Crippen molar-refractivity contribution in [2.75, 3.05) is 0 Å². The van der Waals surface area contributed by atoms with Crippen LogP contribution in [-0.2, 0) is 0 Å². The Morgan fingerprint density at radius 3 is 1.26 bits per heavy atom. The summed E-state index contributed by atoms with van der Waals surface area (Å²) in [5.74, 6) is 0. The van der Waals surface area contributed by atoms with Gasteiger partial charge in [-0.3, -0.25) is 0 Å². The van der Waals surface area contributed by atoms with Gasteiger partial charge in [-0.2, -0.15) is 15.8 Å². The number of rotatable bonds is 4. The average molecular weight is 636 g/mol. The smallest absolute Gasteiger partial charge is 0.0991 e. The van der Waals surface area contributed by atoms with Crippen molar-refractivity contribution >= 4 is 43.6 Å². The summed E-state index contributed by atoms with van der Waals surface area (Å²) in [6.07, 6.45) is 0. The third-order valence-corrected chi connectivity index (χ3v) is 9.59. The Morgan fingerprint density at radius 1 is 0.340 bits per heavy atom. The lowest BCUT2D eigenvalue weighted by molar-refractivity contribution is 1.13. The largest absolute Gasteiger partial charge is 0.309 e. The van der Waals surface area contributed by atoms with E-state index in [4.69, 9.17) is 0 Å². The van der Waals surface area contributed by atoms with Gasteiger partial charge in [-0.25, -0.2) is 0 Å². The van der Waals surface area contributed by atoms with Crippen molar-refractivity contribution in [2.45, 2.75) is 0 Å². The molecule has 7 aromatic carbocycles. The highest BCUT2D eigenvalue weighted by molar-refractivity contribution is 6.11. The lowest BCUT2D eigenvalue weighted by Crippen LogP contribution is -2.00. The van der Waals surface area contributed by atoms with Gasteiger partial charge in [-0.1, -0.05) is 72.8 Å². The van der Waals surface area contributed by atoms with Gasteiger partial charge in [-0.15, -0.1) is 0 Å². The average Bonchev–Trinajstić information content (AvgIpc) is 3.70. The molecule has 9 aromatic rings. The van der Waals surface area contributed by atoms with Gasteiger partial charge in [0.15, 0.2) is 0 Å². The number of aromatic nitrogens is 2. The summed E-state index contributed by atoms with van der Waals surface area (Å²) in [4.78, 5) is 0. The van der Waals surface area contributed by atoms with Crippen LogP contribution >= 0.6 is 0 Å². The van der Waals surface area contributed by atoms with Crippen LogP contribution in [0, 0.1) is 34.0 Å². The quantitative estimate of drug-likeness (QED) is 0.193. The monoisotopic (exact) mass is 635 g/mol. The van der Waals surface area contributed by atoms with Crippen LogP contribution in [-0.4, -0.2) is 9.13 Å². The molecule has 0 unspecified atom stereocenters. The number of nitrogens with zero attached hydrogens (tertiary/aromatic N) is 5. The molecule has 0 aliphatic heterocycles. The molecule has 0 fully saturated rings. The van der Waals surface area contributed by atoms with E-state index in [9.17, 15) is 15.8 Å². The summed E-state index contributed by atoms with van der Waals surface area (Å²) in [7, 11) is 0. The first-order chi connectivity index (χ1) is 24.6. The van der Waals surface area contributed by atoms with Crippen LogP contribution < -0.4 is 0 Å². The molecule has 0 aliphatic rings. The van der Waals surface area contributed by atoms with Gasteiger partial charge < -0.3 is 9.13 Å². The second-order valence-electron chi connectivity index (χ2n) is 12.4. The summed E-state index contributed by atoms with van der Waals surface area (Å²) < 4.78 is 4.57. The number of hydrogen-bond acceptors (Lipinski definition) is 3. The van der Waals surface area contributed by atoms with Crippen molar-refractivity contribution < 1.29 is 0 Å². The molecule has 0 atom stereocenters. The van der Waals surface area contributed by atoms with E-state index in [2.05, 4.69) is 112 Å². The fourth-order valence-electron chi connectivity index (χ4n) is 7.36. The highest BCUT2D eigenvalue weighted by Crippen LogP contribution is 2.40. The van der Waals surface area contributed by atoms with Gasteiger partial charge in [0.25, 0.3) is 0 Å². The van der Waals surface area contributed by atoms with Crippen molar-refractivity contribution in [1.82, 2.24) is 9.13 Å². The first-order valence-corrected chi connectivity index (χ1v) is 16.3. The van der Waals surface area contributed by atoms with Gasteiger partial charge in [0, 0.05) is 32.9 Å². The molecule has 5 nitrogen and oxygen atoms in total. The van der Waals surface area contributed by atoms with Gasteiger partial charge in [0.1, 0.15) is 0 Å². The van der Waals surface area contributed by atoms with Gasteiger partial charge >= 0.3 is 0 Å². The molecule has 0 radical (unpaired) electrons. The summed E-state index contributed by atoms with van der Waals surface area (Å²) in [5.41, 5.74) is 12.0. The summed E-state index contributed by atoms with van der Waals surface area (Å²) >= 11 is 0. The number of hydrogen-bond donors (Lipinski definition) is 0. The topological polar surface area (TPSA) is 81.2 Å².